The summed E-state index contributed by atoms with van der Waals surface area (Å²) in [4.78, 5) is 5.03. The predicted octanol–water partition coefficient (Wildman–Crippen LogP) is 1.19. The van der Waals surface area contributed by atoms with Gasteiger partial charge in [-0.1, -0.05) is 11.6 Å². The molecule has 0 radical (unpaired) electrons. The van der Waals surface area contributed by atoms with Crippen LogP contribution in [0, 0.1) is 0 Å². The number of methoxy groups -OCH3 is 1. The Balaban J connectivity index is 2.32. The zero-order valence-corrected chi connectivity index (χ0v) is 11.4. The minimum absolute atomic E-state index is 0.218. The Morgan fingerprint density at radius 3 is 3.06 bits per heavy atom. The third kappa shape index (κ3) is 2.70. The summed E-state index contributed by atoms with van der Waals surface area (Å²) in [6.45, 7) is 1.18. The molecule has 6 nitrogen and oxygen atoms in total. The van der Waals surface area contributed by atoms with E-state index in [2.05, 4.69) is 15.5 Å². The standard InChI is InChI=1S/C10H14ClN5OS/c1-17-3-2-16-10(7(11)4-14-16)9(15-12)8-5-13-6-18-8/h4-6,9,15H,2-3,12H2,1H3. The van der Waals surface area contributed by atoms with Gasteiger partial charge >= 0.3 is 0 Å². The maximum atomic E-state index is 6.18. The van der Waals surface area contributed by atoms with Gasteiger partial charge in [0.15, 0.2) is 0 Å². The van der Waals surface area contributed by atoms with E-state index in [0.717, 1.165) is 10.6 Å². The highest BCUT2D eigenvalue weighted by atomic mass is 35.5. The van der Waals surface area contributed by atoms with Crippen LogP contribution < -0.4 is 11.3 Å². The summed E-state index contributed by atoms with van der Waals surface area (Å²) in [6, 6.07) is -0.218. The molecule has 0 saturated heterocycles. The van der Waals surface area contributed by atoms with E-state index in [1.165, 1.54) is 11.3 Å². The first-order chi connectivity index (χ1) is 8.77. The van der Waals surface area contributed by atoms with Gasteiger partial charge in [0.25, 0.3) is 0 Å². The van der Waals surface area contributed by atoms with Crippen LogP contribution >= 0.6 is 22.9 Å². The van der Waals surface area contributed by atoms with E-state index in [1.807, 2.05) is 0 Å². The molecule has 2 aromatic heterocycles. The summed E-state index contributed by atoms with van der Waals surface area (Å²) in [6.07, 6.45) is 3.37. The molecule has 2 heterocycles. The summed E-state index contributed by atoms with van der Waals surface area (Å²) in [5.41, 5.74) is 5.32. The van der Waals surface area contributed by atoms with Gasteiger partial charge in [-0.2, -0.15) is 5.10 Å². The van der Waals surface area contributed by atoms with E-state index in [9.17, 15) is 0 Å². The minimum Gasteiger partial charge on any atom is -0.383 e. The number of aromatic nitrogens is 3. The molecule has 0 aliphatic rings. The monoisotopic (exact) mass is 287 g/mol. The molecule has 98 valence electrons. The van der Waals surface area contributed by atoms with Crippen LogP contribution in [0.5, 0.6) is 0 Å². The molecule has 0 amide bonds. The Bertz CT molecular complexity index is 486. The van der Waals surface area contributed by atoms with Crippen molar-refractivity contribution in [3.8, 4) is 0 Å². The fraction of sp³-hybridized carbons (Fsp3) is 0.400. The summed E-state index contributed by atoms with van der Waals surface area (Å²) in [5, 5.41) is 4.80. The molecule has 0 saturated carbocycles. The topological polar surface area (TPSA) is 78.0 Å². The van der Waals surface area contributed by atoms with Gasteiger partial charge in [-0.3, -0.25) is 15.5 Å². The van der Waals surface area contributed by atoms with E-state index >= 15 is 0 Å². The number of halogens is 1. The molecule has 0 aliphatic heterocycles. The fourth-order valence-corrected chi connectivity index (χ4v) is 2.61. The second-order valence-corrected chi connectivity index (χ2v) is 4.92. The van der Waals surface area contributed by atoms with Crippen LogP contribution in [-0.2, 0) is 11.3 Å². The van der Waals surface area contributed by atoms with Crippen LogP contribution in [0.3, 0.4) is 0 Å². The van der Waals surface area contributed by atoms with Crippen LogP contribution in [0.15, 0.2) is 17.9 Å². The molecule has 2 rings (SSSR count). The molecular formula is C10H14ClN5OS. The molecule has 0 aliphatic carbocycles. The summed E-state index contributed by atoms with van der Waals surface area (Å²) in [5.74, 6) is 5.62. The van der Waals surface area contributed by atoms with Crippen LogP contribution in [0.1, 0.15) is 16.6 Å². The van der Waals surface area contributed by atoms with Crippen molar-refractivity contribution in [3.05, 3.63) is 33.5 Å². The zero-order valence-electron chi connectivity index (χ0n) is 9.84. The summed E-state index contributed by atoms with van der Waals surface area (Å²) >= 11 is 7.69. The largest absolute Gasteiger partial charge is 0.383 e. The molecule has 0 fully saturated rings. The second kappa shape index (κ2) is 6.26. The van der Waals surface area contributed by atoms with Crippen molar-refractivity contribution in [2.75, 3.05) is 13.7 Å². The molecule has 8 heteroatoms. The number of ether oxygens (including phenoxy) is 1. The van der Waals surface area contributed by atoms with E-state index < -0.39 is 0 Å². The van der Waals surface area contributed by atoms with Crippen molar-refractivity contribution in [2.45, 2.75) is 12.6 Å². The predicted molar refractivity (Wildman–Crippen MR) is 70.4 cm³/mol. The van der Waals surface area contributed by atoms with Gasteiger partial charge in [0.1, 0.15) is 6.04 Å². The highest BCUT2D eigenvalue weighted by molar-refractivity contribution is 7.09. The van der Waals surface area contributed by atoms with Crippen molar-refractivity contribution < 1.29 is 4.74 Å². The molecule has 1 unspecified atom stereocenters. The van der Waals surface area contributed by atoms with E-state index in [0.29, 0.717) is 18.2 Å². The van der Waals surface area contributed by atoms with Gasteiger partial charge in [-0.15, -0.1) is 11.3 Å². The Morgan fingerprint density at radius 1 is 1.61 bits per heavy atom. The maximum absolute atomic E-state index is 6.18. The SMILES string of the molecule is COCCn1ncc(Cl)c1C(NN)c1cncs1. The smallest absolute Gasteiger partial charge is 0.100 e. The number of hydrogen-bond acceptors (Lipinski definition) is 6. The van der Waals surface area contributed by atoms with Crippen molar-refractivity contribution in [1.82, 2.24) is 20.2 Å². The number of hydrogen-bond donors (Lipinski definition) is 2. The van der Waals surface area contributed by atoms with Gasteiger partial charge in [-0.25, -0.2) is 5.43 Å². The van der Waals surface area contributed by atoms with Crippen LogP contribution in [0.4, 0.5) is 0 Å². The Labute approximate surface area is 114 Å². The quantitative estimate of drug-likeness (QED) is 0.616. The van der Waals surface area contributed by atoms with Crippen LogP contribution in [0.2, 0.25) is 5.02 Å². The van der Waals surface area contributed by atoms with Crippen molar-refractivity contribution in [1.29, 1.82) is 0 Å². The van der Waals surface area contributed by atoms with Crippen molar-refractivity contribution >= 4 is 22.9 Å². The number of nitrogens with one attached hydrogen (secondary N) is 1. The lowest BCUT2D eigenvalue weighted by molar-refractivity contribution is 0.182. The van der Waals surface area contributed by atoms with E-state index in [1.54, 1.807) is 29.7 Å². The Hall–Kier alpha value is -0.990. The lowest BCUT2D eigenvalue weighted by Gasteiger charge is -2.16. The number of thiazole rings is 1. The number of rotatable bonds is 6. The minimum atomic E-state index is -0.218. The van der Waals surface area contributed by atoms with Gasteiger partial charge in [-0.05, 0) is 0 Å². The molecule has 1 atom stereocenters. The van der Waals surface area contributed by atoms with Crippen LogP contribution in [-0.4, -0.2) is 28.5 Å². The Morgan fingerprint density at radius 2 is 2.44 bits per heavy atom. The highest BCUT2D eigenvalue weighted by Crippen LogP contribution is 2.29. The average Bonchev–Trinajstić information content (AvgIpc) is 3.00. The third-order valence-electron chi connectivity index (χ3n) is 2.52. The molecule has 0 bridgehead atoms. The van der Waals surface area contributed by atoms with Gasteiger partial charge < -0.3 is 4.74 Å². The first-order valence-corrected chi connectivity index (χ1v) is 6.58. The summed E-state index contributed by atoms with van der Waals surface area (Å²) < 4.78 is 6.84. The molecular weight excluding hydrogens is 274 g/mol. The molecule has 3 N–H and O–H groups in total. The molecule has 0 aromatic carbocycles. The fourth-order valence-electron chi connectivity index (χ4n) is 1.68. The molecule has 2 aromatic rings. The van der Waals surface area contributed by atoms with E-state index in [4.69, 9.17) is 22.2 Å². The normalized spacial score (nSPS) is 12.8. The van der Waals surface area contributed by atoms with Gasteiger partial charge in [0.2, 0.25) is 0 Å². The first-order valence-electron chi connectivity index (χ1n) is 5.32. The van der Waals surface area contributed by atoms with Gasteiger partial charge in [0, 0.05) is 18.2 Å². The van der Waals surface area contributed by atoms with Crippen LogP contribution in [0.25, 0.3) is 0 Å². The summed E-state index contributed by atoms with van der Waals surface area (Å²) in [7, 11) is 1.65. The van der Waals surface area contributed by atoms with Gasteiger partial charge in [0.05, 0.1) is 35.6 Å². The number of nitrogens with two attached hydrogens (primary N) is 1. The lowest BCUT2D eigenvalue weighted by atomic mass is 10.2. The Kier molecular flexibility index (Phi) is 4.67. The van der Waals surface area contributed by atoms with Crippen molar-refractivity contribution in [2.24, 2.45) is 5.84 Å². The molecule has 0 spiro atoms. The lowest BCUT2D eigenvalue weighted by Crippen LogP contribution is -2.30. The average molecular weight is 288 g/mol. The molecule has 18 heavy (non-hydrogen) atoms. The first kappa shape index (κ1) is 13.4. The highest BCUT2D eigenvalue weighted by Gasteiger charge is 2.22. The number of hydrazine groups is 1. The number of nitrogens with zero attached hydrogens (tertiary/aromatic N) is 3. The zero-order chi connectivity index (χ0) is 13.0. The van der Waals surface area contributed by atoms with E-state index in [-0.39, 0.29) is 6.04 Å². The second-order valence-electron chi connectivity index (χ2n) is 3.60. The third-order valence-corrected chi connectivity index (χ3v) is 3.65. The van der Waals surface area contributed by atoms with Crippen molar-refractivity contribution in [3.63, 3.8) is 0 Å². The maximum Gasteiger partial charge on any atom is 0.100 e.